The Morgan fingerprint density at radius 1 is 1.61 bits per heavy atom. The second kappa shape index (κ2) is 6.01. The van der Waals surface area contributed by atoms with Gasteiger partial charge in [-0.05, 0) is 0 Å². The summed E-state index contributed by atoms with van der Waals surface area (Å²) in [6.45, 7) is -0.348. The molecule has 1 unspecified atom stereocenters. The number of carboxylic acid groups (broad SMARTS) is 1. The minimum atomic E-state index is -1.30. The Morgan fingerprint density at radius 2 is 2.28 bits per heavy atom. The average Bonchev–Trinajstić information content (AvgIpc) is 2.70. The van der Waals surface area contributed by atoms with Crippen molar-refractivity contribution in [3.63, 3.8) is 0 Å². The quantitative estimate of drug-likeness (QED) is 0.626. The summed E-state index contributed by atoms with van der Waals surface area (Å²) in [6.07, 6.45) is 3.37. The molecule has 18 heavy (non-hydrogen) atoms. The number of carboxylic acids is 1. The highest BCUT2D eigenvalue weighted by molar-refractivity contribution is 5.82. The van der Waals surface area contributed by atoms with E-state index in [9.17, 15) is 9.59 Å². The zero-order valence-corrected chi connectivity index (χ0v) is 10.2. The lowest BCUT2D eigenvalue weighted by Gasteiger charge is -2.19. The normalized spacial score (nSPS) is 11.9. The lowest BCUT2D eigenvalue weighted by Crippen LogP contribution is -2.48. The van der Waals surface area contributed by atoms with Crippen molar-refractivity contribution in [3.8, 4) is 0 Å². The van der Waals surface area contributed by atoms with Crippen molar-refractivity contribution in [3.05, 3.63) is 18.0 Å². The van der Waals surface area contributed by atoms with Crippen molar-refractivity contribution >= 4 is 12.0 Å². The molecule has 1 rings (SSSR count). The number of nitrogens with one attached hydrogen (secondary N) is 1. The molecular weight excluding hydrogens is 240 g/mol. The van der Waals surface area contributed by atoms with Crippen LogP contribution >= 0.6 is 0 Å². The first-order valence-electron chi connectivity index (χ1n) is 5.27. The topological polar surface area (TPSA) is 108 Å². The molecule has 1 aromatic heterocycles. The number of amides is 2. The third kappa shape index (κ3) is 3.74. The van der Waals surface area contributed by atoms with Crippen molar-refractivity contribution in [2.24, 2.45) is 7.05 Å². The van der Waals surface area contributed by atoms with Crippen molar-refractivity contribution in [2.75, 3.05) is 13.7 Å². The van der Waals surface area contributed by atoms with Crippen LogP contribution in [-0.2, 0) is 18.4 Å². The summed E-state index contributed by atoms with van der Waals surface area (Å²) in [7, 11) is 3.29. The third-order valence-electron chi connectivity index (χ3n) is 2.30. The highest BCUT2D eigenvalue weighted by atomic mass is 16.4. The maximum Gasteiger partial charge on any atom is 0.328 e. The van der Waals surface area contributed by atoms with Gasteiger partial charge in [-0.3, -0.25) is 4.68 Å². The van der Waals surface area contributed by atoms with Gasteiger partial charge < -0.3 is 20.4 Å². The molecule has 8 nitrogen and oxygen atoms in total. The van der Waals surface area contributed by atoms with Gasteiger partial charge >= 0.3 is 12.0 Å². The van der Waals surface area contributed by atoms with E-state index in [-0.39, 0.29) is 0 Å². The Hall–Kier alpha value is -2.09. The molecule has 0 saturated carbocycles. The summed E-state index contributed by atoms with van der Waals surface area (Å²) in [5.41, 5.74) is 0.825. The van der Waals surface area contributed by atoms with Crippen molar-refractivity contribution in [1.82, 2.24) is 20.0 Å². The van der Waals surface area contributed by atoms with Crippen LogP contribution in [0.2, 0.25) is 0 Å². The van der Waals surface area contributed by atoms with Gasteiger partial charge in [0.25, 0.3) is 0 Å². The van der Waals surface area contributed by atoms with Gasteiger partial charge in [-0.1, -0.05) is 0 Å². The number of aliphatic carboxylic acids is 1. The van der Waals surface area contributed by atoms with Gasteiger partial charge in [0.05, 0.1) is 19.3 Å². The minimum Gasteiger partial charge on any atom is -0.480 e. The fourth-order valence-electron chi connectivity index (χ4n) is 1.34. The molecule has 0 bridgehead atoms. The van der Waals surface area contributed by atoms with Crippen LogP contribution < -0.4 is 5.32 Å². The van der Waals surface area contributed by atoms with Gasteiger partial charge in [0.15, 0.2) is 6.04 Å². The van der Waals surface area contributed by atoms with E-state index < -0.39 is 24.6 Å². The van der Waals surface area contributed by atoms with Crippen LogP contribution in [0.25, 0.3) is 0 Å². The number of urea groups is 1. The van der Waals surface area contributed by atoms with E-state index in [4.69, 9.17) is 10.2 Å². The molecular formula is C10H16N4O4. The first-order valence-corrected chi connectivity index (χ1v) is 5.27. The summed E-state index contributed by atoms with van der Waals surface area (Å²) >= 11 is 0. The summed E-state index contributed by atoms with van der Waals surface area (Å²) in [5, 5.41) is 23.6. The van der Waals surface area contributed by atoms with Gasteiger partial charge in [-0.25, -0.2) is 9.59 Å². The van der Waals surface area contributed by atoms with E-state index in [1.165, 1.54) is 11.9 Å². The Balaban J connectivity index is 2.53. The number of aromatic nitrogens is 2. The van der Waals surface area contributed by atoms with Gasteiger partial charge in [0.1, 0.15) is 0 Å². The average molecular weight is 256 g/mol. The lowest BCUT2D eigenvalue weighted by atomic mass is 10.3. The second-order valence-electron chi connectivity index (χ2n) is 3.90. The smallest absolute Gasteiger partial charge is 0.328 e. The van der Waals surface area contributed by atoms with Crippen LogP contribution in [0.5, 0.6) is 0 Å². The Morgan fingerprint density at radius 3 is 2.72 bits per heavy atom. The van der Waals surface area contributed by atoms with Gasteiger partial charge in [0.2, 0.25) is 0 Å². The number of aliphatic hydroxyl groups is 1. The first-order chi connectivity index (χ1) is 8.43. The maximum atomic E-state index is 11.6. The number of hydrogen-bond acceptors (Lipinski definition) is 4. The second-order valence-corrected chi connectivity index (χ2v) is 3.90. The zero-order valence-electron chi connectivity index (χ0n) is 10.2. The molecule has 8 heteroatoms. The Kier molecular flexibility index (Phi) is 4.67. The van der Waals surface area contributed by atoms with Crippen LogP contribution in [0.3, 0.4) is 0 Å². The van der Waals surface area contributed by atoms with E-state index in [0.29, 0.717) is 6.54 Å². The Labute approximate surface area is 104 Å². The molecule has 100 valence electrons. The molecule has 0 aromatic carbocycles. The highest BCUT2D eigenvalue weighted by Gasteiger charge is 2.20. The van der Waals surface area contributed by atoms with Gasteiger partial charge in [-0.2, -0.15) is 5.10 Å². The Bertz CT molecular complexity index is 431. The number of carbonyl (C=O) groups is 2. The molecule has 1 aromatic rings. The largest absolute Gasteiger partial charge is 0.480 e. The predicted molar refractivity (Wildman–Crippen MR) is 61.7 cm³/mol. The fourth-order valence-corrected chi connectivity index (χ4v) is 1.34. The fraction of sp³-hybridized carbons (Fsp3) is 0.500. The molecule has 0 aliphatic heterocycles. The van der Waals surface area contributed by atoms with Crippen molar-refractivity contribution in [1.29, 1.82) is 0 Å². The molecule has 3 N–H and O–H groups in total. The molecule has 0 spiro atoms. The monoisotopic (exact) mass is 256 g/mol. The summed E-state index contributed by atoms with van der Waals surface area (Å²) in [4.78, 5) is 23.6. The molecule has 0 saturated heterocycles. The van der Waals surface area contributed by atoms with Crippen LogP contribution in [0.15, 0.2) is 12.4 Å². The summed E-state index contributed by atoms with van der Waals surface area (Å²) < 4.78 is 1.61. The third-order valence-corrected chi connectivity index (χ3v) is 2.30. The highest BCUT2D eigenvalue weighted by Crippen LogP contribution is 2.01. The molecule has 1 atom stereocenters. The van der Waals surface area contributed by atoms with Crippen LogP contribution in [0.1, 0.15) is 5.56 Å². The number of rotatable bonds is 5. The number of hydrogen-bond donors (Lipinski definition) is 3. The zero-order chi connectivity index (χ0) is 13.7. The molecule has 2 amide bonds. The minimum absolute atomic E-state index is 0.303. The number of aliphatic hydroxyl groups excluding tert-OH is 1. The first kappa shape index (κ1) is 14.0. The van der Waals surface area contributed by atoms with Gasteiger partial charge in [-0.15, -0.1) is 0 Å². The predicted octanol–water partition coefficient (Wildman–Crippen LogP) is -0.993. The van der Waals surface area contributed by atoms with Gasteiger partial charge in [0, 0.05) is 25.9 Å². The number of nitrogens with zero attached hydrogens (tertiary/aromatic N) is 3. The van der Waals surface area contributed by atoms with Crippen LogP contribution in [0.4, 0.5) is 4.79 Å². The SMILES string of the molecule is CN(Cc1cnn(C)c1)C(=O)NC(CO)C(=O)O. The summed E-state index contributed by atoms with van der Waals surface area (Å²) in [6, 6.07) is -1.87. The van der Waals surface area contributed by atoms with E-state index >= 15 is 0 Å². The van der Waals surface area contributed by atoms with E-state index in [1.54, 1.807) is 24.1 Å². The molecule has 0 radical (unpaired) electrons. The van der Waals surface area contributed by atoms with E-state index in [2.05, 4.69) is 10.4 Å². The molecule has 0 fully saturated rings. The molecule has 0 aliphatic carbocycles. The van der Waals surface area contributed by atoms with Crippen molar-refractivity contribution in [2.45, 2.75) is 12.6 Å². The molecule has 1 heterocycles. The van der Waals surface area contributed by atoms with Crippen LogP contribution in [-0.4, -0.2) is 56.6 Å². The lowest BCUT2D eigenvalue weighted by molar-refractivity contribution is -0.140. The number of carbonyl (C=O) groups excluding carboxylic acids is 1. The van der Waals surface area contributed by atoms with E-state index in [0.717, 1.165) is 5.56 Å². The number of aryl methyl sites for hydroxylation is 1. The maximum absolute atomic E-state index is 11.6. The summed E-state index contributed by atoms with van der Waals surface area (Å²) in [5.74, 6) is -1.28. The molecule has 0 aliphatic rings. The van der Waals surface area contributed by atoms with E-state index in [1.807, 2.05) is 0 Å². The van der Waals surface area contributed by atoms with Crippen molar-refractivity contribution < 1.29 is 19.8 Å². The van der Waals surface area contributed by atoms with Crippen LogP contribution in [0, 0.1) is 0 Å². The standard InChI is InChI=1S/C10H16N4O4/c1-13(4-7-3-11-14(2)5-7)10(18)12-8(6-15)9(16)17/h3,5,8,15H,4,6H2,1-2H3,(H,12,18)(H,16,17).